The van der Waals surface area contributed by atoms with Gasteiger partial charge in [-0.2, -0.15) is 0 Å². The van der Waals surface area contributed by atoms with Gasteiger partial charge >= 0.3 is 0 Å². The monoisotopic (exact) mass is 226 g/mol. The number of nitrogens with two attached hydrogens (primary N) is 1. The van der Waals surface area contributed by atoms with Crippen LogP contribution in [0.2, 0.25) is 0 Å². The van der Waals surface area contributed by atoms with Crippen LogP contribution in [0.1, 0.15) is 41.0 Å². The fraction of sp³-hybridized carbons (Fsp3) is 0.833. The fourth-order valence-corrected chi connectivity index (χ4v) is 1.68. The summed E-state index contributed by atoms with van der Waals surface area (Å²) < 4.78 is 0. The maximum Gasteiger partial charge on any atom is 0.235 e. The van der Waals surface area contributed by atoms with Crippen LogP contribution in [0.25, 0.3) is 0 Å². The van der Waals surface area contributed by atoms with Crippen LogP contribution in [0, 0.1) is 10.8 Å². The number of amides is 2. The van der Waals surface area contributed by atoms with Gasteiger partial charge in [-0.1, -0.05) is 34.6 Å². The molecule has 1 aliphatic heterocycles. The van der Waals surface area contributed by atoms with Crippen molar-refractivity contribution in [1.29, 1.82) is 0 Å². The predicted molar refractivity (Wildman–Crippen MR) is 62.5 cm³/mol. The summed E-state index contributed by atoms with van der Waals surface area (Å²) >= 11 is 0. The zero-order valence-corrected chi connectivity index (χ0v) is 10.8. The second kappa shape index (κ2) is 3.84. The normalized spacial score (nSPS) is 22.8. The summed E-state index contributed by atoms with van der Waals surface area (Å²) in [7, 11) is 0. The first-order valence-corrected chi connectivity index (χ1v) is 5.66. The lowest BCUT2D eigenvalue weighted by Crippen LogP contribution is -2.47. The van der Waals surface area contributed by atoms with Crippen LogP contribution in [-0.2, 0) is 9.59 Å². The number of rotatable bonds is 2. The maximum atomic E-state index is 11.9. The Labute approximate surface area is 97.2 Å². The minimum Gasteiger partial charge on any atom is -0.326 e. The standard InChI is InChI=1S/C12H22N2O2/c1-11(2,3)8(13)7-14-9(15)6-12(4,5)10(14)16/h8H,6-7,13H2,1-5H3. The van der Waals surface area contributed by atoms with E-state index >= 15 is 0 Å². The van der Waals surface area contributed by atoms with E-state index in [4.69, 9.17) is 5.73 Å². The number of carbonyl (C=O) groups excluding carboxylic acids is 2. The zero-order valence-electron chi connectivity index (χ0n) is 10.8. The summed E-state index contributed by atoms with van der Waals surface area (Å²) in [6, 6.07) is -0.186. The third-order valence-corrected chi connectivity index (χ3v) is 3.21. The van der Waals surface area contributed by atoms with E-state index in [9.17, 15) is 9.59 Å². The molecule has 1 aliphatic rings. The van der Waals surface area contributed by atoms with Gasteiger partial charge in [0.1, 0.15) is 0 Å². The van der Waals surface area contributed by atoms with Crippen LogP contribution >= 0.6 is 0 Å². The molecule has 1 unspecified atom stereocenters. The lowest BCUT2D eigenvalue weighted by molar-refractivity contribution is -0.141. The van der Waals surface area contributed by atoms with Crippen LogP contribution in [0.3, 0.4) is 0 Å². The molecule has 1 fully saturated rings. The van der Waals surface area contributed by atoms with Crippen molar-refractivity contribution in [3.63, 3.8) is 0 Å². The van der Waals surface area contributed by atoms with Gasteiger partial charge in [-0.15, -0.1) is 0 Å². The molecular formula is C12H22N2O2. The Bertz CT molecular complexity index is 315. The van der Waals surface area contributed by atoms with Gasteiger partial charge in [-0.3, -0.25) is 14.5 Å². The second-order valence-electron chi connectivity index (χ2n) is 6.34. The predicted octanol–water partition coefficient (Wildman–Crippen LogP) is 1.14. The average Bonchev–Trinajstić information content (AvgIpc) is 2.26. The average molecular weight is 226 g/mol. The van der Waals surface area contributed by atoms with Crippen molar-refractivity contribution in [2.45, 2.75) is 47.1 Å². The molecule has 0 bridgehead atoms. The van der Waals surface area contributed by atoms with Crippen LogP contribution in [0.4, 0.5) is 0 Å². The molecule has 2 amide bonds. The second-order valence-corrected chi connectivity index (χ2v) is 6.34. The molecular weight excluding hydrogens is 204 g/mol. The molecule has 0 radical (unpaired) electrons. The first-order chi connectivity index (χ1) is 7.05. The Hall–Kier alpha value is -0.900. The third kappa shape index (κ3) is 2.43. The van der Waals surface area contributed by atoms with Crippen molar-refractivity contribution in [2.24, 2.45) is 16.6 Å². The molecule has 0 aromatic heterocycles. The van der Waals surface area contributed by atoms with E-state index in [-0.39, 0.29) is 23.3 Å². The number of carbonyl (C=O) groups is 2. The Morgan fingerprint density at radius 2 is 1.88 bits per heavy atom. The summed E-state index contributed by atoms with van der Waals surface area (Å²) in [5, 5.41) is 0. The van der Waals surface area contributed by atoms with Gasteiger partial charge in [0, 0.05) is 19.0 Å². The van der Waals surface area contributed by atoms with Crippen molar-refractivity contribution in [2.75, 3.05) is 6.54 Å². The molecule has 1 rings (SSSR count). The van der Waals surface area contributed by atoms with E-state index in [1.54, 1.807) is 13.8 Å². The van der Waals surface area contributed by atoms with Crippen LogP contribution in [0.5, 0.6) is 0 Å². The highest BCUT2D eigenvalue weighted by Crippen LogP contribution is 2.32. The van der Waals surface area contributed by atoms with Gasteiger partial charge in [0.05, 0.1) is 5.41 Å². The molecule has 0 spiro atoms. The number of nitrogens with zero attached hydrogens (tertiary/aromatic N) is 1. The first-order valence-electron chi connectivity index (χ1n) is 5.66. The minimum absolute atomic E-state index is 0.0998. The molecule has 0 aromatic rings. The van der Waals surface area contributed by atoms with E-state index in [0.29, 0.717) is 13.0 Å². The van der Waals surface area contributed by atoms with Crippen molar-refractivity contribution >= 4 is 11.8 Å². The number of hydrogen-bond acceptors (Lipinski definition) is 3. The highest BCUT2D eigenvalue weighted by molar-refractivity contribution is 6.05. The minimum atomic E-state index is -0.561. The van der Waals surface area contributed by atoms with Crippen LogP contribution in [-0.4, -0.2) is 29.3 Å². The number of hydrogen-bond donors (Lipinski definition) is 1. The summed E-state index contributed by atoms with van der Waals surface area (Å²) in [5.74, 6) is -0.202. The Balaban J connectivity index is 2.77. The van der Waals surface area contributed by atoms with Crippen LogP contribution < -0.4 is 5.73 Å². The number of likely N-dealkylation sites (tertiary alicyclic amines) is 1. The Kier molecular flexibility index (Phi) is 3.16. The molecule has 1 heterocycles. The zero-order chi connectivity index (χ0) is 12.7. The topological polar surface area (TPSA) is 63.4 Å². The smallest absolute Gasteiger partial charge is 0.235 e. The largest absolute Gasteiger partial charge is 0.326 e. The maximum absolute atomic E-state index is 11.9. The van der Waals surface area contributed by atoms with E-state index in [2.05, 4.69) is 0 Å². The number of imide groups is 1. The van der Waals surface area contributed by atoms with Crippen molar-refractivity contribution in [3.05, 3.63) is 0 Å². The lowest BCUT2D eigenvalue weighted by Gasteiger charge is -2.30. The molecule has 1 atom stereocenters. The summed E-state index contributed by atoms with van der Waals surface area (Å²) in [6.07, 6.45) is 0.294. The van der Waals surface area contributed by atoms with E-state index in [1.165, 1.54) is 4.90 Å². The molecule has 4 nitrogen and oxygen atoms in total. The SMILES string of the molecule is CC1(C)CC(=O)N(CC(N)C(C)(C)C)C1=O. The van der Waals surface area contributed by atoms with E-state index < -0.39 is 5.41 Å². The first kappa shape index (κ1) is 13.2. The van der Waals surface area contributed by atoms with Gasteiger partial charge in [0.15, 0.2) is 0 Å². The quantitative estimate of drug-likeness (QED) is 0.718. The summed E-state index contributed by atoms with van der Waals surface area (Å²) in [5.41, 5.74) is 5.33. The van der Waals surface area contributed by atoms with Crippen LogP contribution in [0.15, 0.2) is 0 Å². The molecule has 2 N–H and O–H groups in total. The van der Waals surface area contributed by atoms with Crippen molar-refractivity contribution in [3.8, 4) is 0 Å². The summed E-state index contributed by atoms with van der Waals surface area (Å²) in [6.45, 7) is 9.95. The van der Waals surface area contributed by atoms with Gasteiger partial charge in [-0.05, 0) is 5.41 Å². The van der Waals surface area contributed by atoms with Gasteiger partial charge in [0.25, 0.3) is 0 Å². The summed E-state index contributed by atoms with van der Waals surface area (Å²) in [4.78, 5) is 25.0. The molecule has 0 aromatic carbocycles. The van der Waals surface area contributed by atoms with E-state index in [1.807, 2.05) is 20.8 Å². The third-order valence-electron chi connectivity index (χ3n) is 3.21. The fourth-order valence-electron chi connectivity index (χ4n) is 1.68. The molecule has 4 heteroatoms. The van der Waals surface area contributed by atoms with E-state index in [0.717, 1.165) is 0 Å². The Morgan fingerprint density at radius 3 is 2.19 bits per heavy atom. The van der Waals surface area contributed by atoms with Gasteiger partial charge in [0.2, 0.25) is 11.8 Å². The molecule has 92 valence electrons. The van der Waals surface area contributed by atoms with Gasteiger partial charge < -0.3 is 5.73 Å². The molecule has 0 saturated carbocycles. The Morgan fingerprint density at radius 1 is 1.38 bits per heavy atom. The molecule has 16 heavy (non-hydrogen) atoms. The van der Waals surface area contributed by atoms with Crippen molar-refractivity contribution in [1.82, 2.24) is 4.90 Å². The molecule has 0 aliphatic carbocycles. The highest BCUT2D eigenvalue weighted by atomic mass is 16.2. The molecule has 1 saturated heterocycles. The lowest BCUT2D eigenvalue weighted by atomic mass is 9.87. The van der Waals surface area contributed by atoms with Crippen molar-refractivity contribution < 1.29 is 9.59 Å². The highest BCUT2D eigenvalue weighted by Gasteiger charge is 2.45. The van der Waals surface area contributed by atoms with Gasteiger partial charge in [-0.25, -0.2) is 0 Å².